The fraction of sp³-hybridized carbons (Fsp3) is 0.320. The van der Waals surface area contributed by atoms with E-state index < -0.39 is 11.9 Å². The topological polar surface area (TPSA) is 98.4 Å². The van der Waals surface area contributed by atoms with Gasteiger partial charge in [0.15, 0.2) is 11.3 Å². The SMILES string of the molecule is Nc1nc(N2CCC3(CC2)Cc2ccccc2[C@H]3N)n2ccnc2c1-c1cccnc1C(F)(F)F. The molecule has 2 aliphatic rings. The van der Waals surface area contributed by atoms with Crippen LogP contribution in [0.2, 0.25) is 0 Å². The van der Waals surface area contributed by atoms with E-state index in [1.807, 2.05) is 6.07 Å². The summed E-state index contributed by atoms with van der Waals surface area (Å²) >= 11 is 0. The maximum absolute atomic E-state index is 13.7. The molecule has 1 aromatic carbocycles. The predicted molar refractivity (Wildman–Crippen MR) is 127 cm³/mol. The van der Waals surface area contributed by atoms with Crippen molar-refractivity contribution in [2.45, 2.75) is 31.5 Å². The Labute approximate surface area is 199 Å². The van der Waals surface area contributed by atoms with Gasteiger partial charge in [0.2, 0.25) is 5.95 Å². The van der Waals surface area contributed by atoms with Gasteiger partial charge in [-0.3, -0.25) is 9.38 Å². The normalized spacial score (nSPS) is 19.4. The first kappa shape index (κ1) is 21.8. The Hall–Kier alpha value is -3.66. The van der Waals surface area contributed by atoms with Crippen molar-refractivity contribution < 1.29 is 13.2 Å². The van der Waals surface area contributed by atoms with Gasteiger partial charge in [-0.1, -0.05) is 30.3 Å². The van der Waals surface area contributed by atoms with Crippen LogP contribution < -0.4 is 16.4 Å². The van der Waals surface area contributed by atoms with E-state index in [4.69, 9.17) is 11.5 Å². The van der Waals surface area contributed by atoms with Crippen LogP contribution in [0.3, 0.4) is 0 Å². The number of halogens is 3. The third-order valence-corrected chi connectivity index (χ3v) is 7.54. The van der Waals surface area contributed by atoms with E-state index in [2.05, 4.69) is 38.1 Å². The molecule has 1 spiro atoms. The van der Waals surface area contributed by atoms with Gasteiger partial charge in [0, 0.05) is 43.3 Å². The van der Waals surface area contributed by atoms with Crippen LogP contribution in [-0.2, 0) is 12.6 Å². The van der Waals surface area contributed by atoms with Crippen molar-refractivity contribution in [2.75, 3.05) is 23.7 Å². The molecule has 0 unspecified atom stereocenters. The molecule has 6 rings (SSSR count). The third-order valence-electron chi connectivity index (χ3n) is 7.54. The van der Waals surface area contributed by atoms with Gasteiger partial charge in [0.05, 0.1) is 5.56 Å². The van der Waals surface area contributed by atoms with E-state index in [0.29, 0.717) is 24.7 Å². The smallest absolute Gasteiger partial charge is 0.383 e. The van der Waals surface area contributed by atoms with Gasteiger partial charge in [0.1, 0.15) is 5.82 Å². The second-order valence-corrected chi connectivity index (χ2v) is 9.39. The lowest BCUT2D eigenvalue weighted by molar-refractivity contribution is -0.140. The predicted octanol–water partition coefficient (Wildman–Crippen LogP) is 4.24. The molecule has 3 aromatic heterocycles. The highest BCUT2D eigenvalue weighted by Gasteiger charge is 2.46. The molecule has 1 atom stereocenters. The molecule has 10 heteroatoms. The number of nitrogens with zero attached hydrogens (tertiary/aromatic N) is 5. The number of nitrogens with two attached hydrogens (primary N) is 2. The quantitative estimate of drug-likeness (QED) is 0.446. The van der Waals surface area contributed by atoms with Gasteiger partial charge in [-0.25, -0.2) is 4.98 Å². The molecule has 4 N–H and O–H groups in total. The molecule has 0 bridgehead atoms. The van der Waals surface area contributed by atoms with Crippen LogP contribution in [0, 0.1) is 5.41 Å². The highest BCUT2D eigenvalue weighted by molar-refractivity contribution is 5.88. The number of hydrogen-bond donors (Lipinski definition) is 2. The molecule has 35 heavy (non-hydrogen) atoms. The van der Waals surface area contributed by atoms with Crippen molar-refractivity contribution in [1.82, 2.24) is 19.4 Å². The fourth-order valence-corrected chi connectivity index (χ4v) is 5.75. The number of fused-ring (bicyclic) bond motifs is 2. The zero-order chi connectivity index (χ0) is 24.4. The van der Waals surface area contributed by atoms with E-state index in [1.54, 1.807) is 16.8 Å². The molecule has 1 fully saturated rings. The maximum Gasteiger partial charge on any atom is 0.433 e. The van der Waals surface area contributed by atoms with Crippen molar-refractivity contribution in [2.24, 2.45) is 11.1 Å². The molecule has 0 amide bonds. The molecular weight excluding hydrogens is 455 g/mol. The summed E-state index contributed by atoms with van der Waals surface area (Å²) in [5.41, 5.74) is 14.8. The van der Waals surface area contributed by atoms with E-state index >= 15 is 0 Å². The molecule has 7 nitrogen and oxygen atoms in total. The second kappa shape index (κ2) is 7.67. The van der Waals surface area contributed by atoms with Gasteiger partial charge in [-0.15, -0.1) is 0 Å². The minimum Gasteiger partial charge on any atom is -0.383 e. The van der Waals surface area contributed by atoms with Crippen molar-refractivity contribution in [3.05, 3.63) is 71.8 Å². The van der Waals surface area contributed by atoms with Crippen molar-refractivity contribution >= 4 is 17.4 Å². The van der Waals surface area contributed by atoms with Crippen LogP contribution in [0.4, 0.5) is 24.9 Å². The van der Waals surface area contributed by atoms with E-state index in [9.17, 15) is 13.2 Å². The monoisotopic (exact) mass is 479 g/mol. The Kier molecular flexibility index (Phi) is 4.79. The van der Waals surface area contributed by atoms with Crippen LogP contribution in [0.1, 0.15) is 35.7 Å². The largest absolute Gasteiger partial charge is 0.433 e. The lowest BCUT2D eigenvalue weighted by Crippen LogP contribution is -2.45. The number of aromatic nitrogens is 4. The van der Waals surface area contributed by atoms with E-state index in [0.717, 1.165) is 25.5 Å². The molecule has 4 heterocycles. The maximum atomic E-state index is 13.7. The number of hydrogen-bond acceptors (Lipinski definition) is 6. The summed E-state index contributed by atoms with van der Waals surface area (Å²) in [6.07, 6.45) is 2.43. The molecule has 1 saturated heterocycles. The Morgan fingerprint density at radius 1 is 1.00 bits per heavy atom. The second-order valence-electron chi connectivity index (χ2n) is 9.39. The number of imidazole rings is 1. The summed E-state index contributed by atoms with van der Waals surface area (Å²) in [7, 11) is 0. The standard InChI is InChI=1S/C25H24F3N7/c26-25(27,28)20-17(6-3-9-31-20)18-21(30)33-23(35-13-10-32-22(18)35)34-11-7-24(8-12-34)14-15-4-1-2-5-16(15)19(24)29/h1-6,9-10,13,19H,7-8,11-12,14,29-30H2/t19-/m1/s1. The zero-order valence-electron chi connectivity index (χ0n) is 18.8. The Morgan fingerprint density at radius 3 is 2.51 bits per heavy atom. The van der Waals surface area contributed by atoms with Crippen molar-refractivity contribution in [1.29, 1.82) is 0 Å². The van der Waals surface area contributed by atoms with Gasteiger partial charge in [-0.2, -0.15) is 18.2 Å². The van der Waals surface area contributed by atoms with Crippen LogP contribution in [0.25, 0.3) is 16.8 Å². The Morgan fingerprint density at radius 2 is 1.77 bits per heavy atom. The average Bonchev–Trinajstić information content (AvgIpc) is 3.42. The van der Waals surface area contributed by atoms with Gasteiger partial charge >= 0.3 is 6.18 Å². The molecule has 1 aliphatic heterocycles. The zero-order valence-corrected chi connectivity index (χ0v) is 18.8. The molecule has 4 aromatic rings. The fourth-order valence-electron chi connectivity index (χ4n) is 5.75. The summed E-state index contributed by atoms with van der Waals surface area (Å²) < 4.78 is 42.7. The summed E-state index contributed by atoms with van der Waals surface area (Å²) in [6, 6.07) is 11.1. The molecular formula is C25H24F3N7. The number of piperidine rings is 1. The van der Waals surface area contributed by atoms with E-state index in [1.165, 1.54) is 23.3 Å². The molecule has 0 saturated carbocycles. The molecule has 0 radical (unpaired) electrons. The minimum absolute atomic E-state index is 0.00293. The summed E-state index contributed by atoms with van der Waals surface area (Å²) in [5, 5.41) is 0. The number of nitrogen functional groups attached to an aromatic ring is 1. The number of rotatable bonds is 2. The highest BCUT2D eigenvalue weighted by Crippen LogP contribution is 2.51. The van der Waals surface area contributed by atoms with Crippen LogP contribution in [0.5, 0.6) is 0 Å². The van der Waals surface area contributed by atoms with Crippen molar-refractivity contribution in [3.63, 3.8) is 0 Å². The number of pyridine rings is 1. The third kappa shape index (κ3) is 3.35. The number of alkyl halides is 3. The Balaban J connectivity index is 1.35. The van der Waals surface area contributed by atoms with Crippen LogP contribution >= 0.6 is 0 Å². The van der Waals surface area contributed by atoms with Gasteiger partial charge in [-0.05, 0) is 41.9 Å². The van der Waals surface area contributed by atoms with Gasteiger partial charge < -0.3 is 16.4 Å². The van der Waals surface area contributed by atoms with Crippen LogP contribution in [0.15, 0.2) is 55.0 Å². The highest BCUT2D eigenvalue weighted by atomic mass is 19.4. The van der Waals surface area contributed by atoms with Crippen molar-refractivity contribution in [3.8, 4) is 11.1 Å². The summed E-state index contributed by atoms with van der Waals surface area (Å²) in [5.74, 6) is 0.553. The first-order valence-electron chi connectivity index (χ1n) is 11.5. The lowest BCUT2D eigenvalue weighted by Gasteiger charge is -2.42. The van der Waals surface area contributed by atoms with E-state index in [-0.39, 0.29) is 28.4 Å². The average molecular weight is 480 g/mol. The van der Waals surface area contributed by atoms with Crippen LogP contribution in [-0.4, -0.2) is 32.4 Å². The number of anilines is 2. The summed E-state index contributed by atoms with van der Waals surface area (Å²) in [6.45, 7) is 1.42. The van der Waals surface area contributed by atoms with Gasteiger partial charge in [0.25, 0.3) is 0 Å². The first-order valence-corrected chi connectivity index (χ1v) is 11.5. The lowest BCUT2D eigenvalue weighted by atomic mass is 9.73. The Bertz CT molecular complexity index is 1420. The summed E-state index contributed by atoms with van der Waals surface area (Å²) in [4.78, 5) is 14.6. The first-order chi connectivity index (χ1) is 16.8. The minimum atomic E-state index is -4.63. The molecule has 1 aliphatic carbocycles. The molecule has 180 valence electrons. The number of benzene rings is 1.